The van der Waals surface area contributed by atoms with Crippen LogP contribution in [0.4, 0.5) is 10.5 Å². The van der Waals surface area contributed by atoms with E-state index in [1.165, 1.54) is 0 Å². The molecule has 2 heterocycles. The first-order valence-corrected chi connectivity index (χ1v) is 8.93. The number of urea groups is 1. The van der Waals surface area contributed by atoms with Gasteiger partial charge < -0.3 is 20.6 Å². The Morgan fingerprint density at radius 3 is 2.38 bits per heavy atom. The molecule has 0 aliphatic carbocycles. The average molecular weight is 359 g/mol. The Morgan fingerprint density at radius 2 is 1.81 bits per heavy atom. The van der Waals surface area contributed by atoms with Crippen molar-refractivity contribution in [2.24, 2.45) is 5.73 Å². The summed E-state index contributed by atoms with van der Waals surface area (Å²) in [7, 11) is 0. The van der Waals surface area contributed by atoms with E-state index in [0.717, 1.165) is 24.1 Å². The Bertz CT molecular complexity index is 683. The van der Waals surface area contributed by atoms with Crippen LogP contribution in [0.15, 0.2) is 24.3 Å². The van der Waals surface area contributed by atoms with Crippen LogP contribution in [0.5, 0.6) is 0 Å². The van der Waals surface area contributed by atoms with Crippen LogP contribution in [0.25, 0.3) is 0 Å². The number of carbonyl (C=O) groups is 2. The summed E-state index contributed by atoms with van der Waals surface area (Å²) in [6.07, 6.45) is 2.25. The van der Waals surface area contributed by atoms with Gasteiger partial charge in [-0.05, 0) is 37.0 Å². The van der Waals surface area contributed by atoms with Gasteiger partial charge in [0.2, 0.25) is 0 Å². The highest BCUT2D eigenvalue weighted by molar-refractivity contribution is 5.94. The van der Waals surface area contributed by atoms with Gasteiger partial charge in [-0.3, -0.25) is 15.1 Å². The van der Waals surface area contributed by atoms with Gasteiger partial charge in [-0.25, -0.2) is 4.79 Å². The van der Waals surface area contributed by atoms with Crippen LogP contribution in [0.3, 0.4) is 0 Å². The summed E-state index contributed by atoms with van der Waals surface area (Å²) in [6.45, 7) is 2.77. The minimum absolute atomic E-state index is 0.0181. The fourth-order valence-corrected chi connectivity index (χ4v) is 3.64. The number of carbonyl (C=O) groups excluding carboxylic acids is 1. The first-order chi connectivity index (χ1) is 12.5. The predicted octanol–water partition coefficient (Wildman–Crippen LogP) is 1.30. The van der Waals surface area contributed by atoms with Crippen LogP contribution in [0.2, 0.25) is 0 Å². The number of carboxylic acid groups (broad SMARTS) is 1. The Balaban J connectivity index is 1.59. The molecule has 0 bridgehead atoms. The van der Waals surface area contributed by atoms with E-state index >= 15 is 0 Å². The maximum Gasteiger partial charge on any atom is 0.324 e. The van der Waals surface area contributed by atoms with Gasteiger partial charge in [0.05, 0.1) is 0 Å². The fraction of sp³-hybridized carbons (Fsp3) is 0.500. The van der Waals surface area contributed by atoms with Crippen molar-refractivity contribution in [2.45, 2.75) is 31.7 Å². The standard InChI is InChI=1S/C18H25N5O3/c19-17(20)21-9-7-15(8-10-21)23-12-11-22(18(23)26)14-4-1-13(2-5-14)3-6-16(24)25/h1-2,4-5,15H,3,6-12H2,(H3,19,20)(H,24,25). The Morgan fingerprint density at radius 1 is 1.15 bits per heavy atom. The molecular weight excluding hydrogens is 334 g/mol. The maximum atomic E-state index is 12.8. The number of hydrogen-bond acceptors (Lipinski definition) is 3. The van der Waals surface area contributed by atoms with Gasteiger partial charge in [-0.1, -0.05) is 12.1 Å². The first-order valence-electron chi connectivity index (χ1n) is 8.93. The summed E-state index contributed by atoms with van der Waals surface area (Å²) < 4.78 is 0. The van der Waals surface area contributed by atoms with E-state index in [9.17, 15) is 9.59 Å². The molecule has 2 aliphatic rings. The summed E-state index contributed by atoms with van der Waals surface area (Å²) >= 11 is 0. The lowest BCUT2D eigenvalue weighted by Crippen LogP contribution is -2.49. The third-order valence-corrected chi connectivity index (χ3v) is 5.16. The monoisotopic (exact) mass is 359 g/mol. The number of guanidine groups is 1. The van der Waals surface area contributed by atoms with Gasteiger partial charge in [0, 0.05) is 44.3 Å². The van der Waals surface area contributed by atoms with Gasteiger partial charge in [0.1, 0.15) is 0 Å². The smallest absolute Gasteiger partial charge is 0.324 e. The number of amides is 2. The van der Waals surface area contributed by atoms with Crippen LogP contribution >= 0.6 is 0 Å². The minimum Gasteiger partial charge on any atom is -0.481 e. The lowest BCUT2D eigenvalue weighted by molar-refractivity contribution is -0.136. The van der Waals surface area contributed by atoms with Gasteiger partial charge in [0.15, 0.2) is 5.96 Å². The summed E-state index contributed by atoms with van der Waals surface area (Å²) in [5.74, 6) is -0.712. The van der Waals surface area contributed by atoms with E-state index in [0.29, 0.717) is 32.6 Å². The maximum absolute atomic E-state index is 12.8. The molecule has 1 aromatic carbocycles. The van der Waals surface area contributed by atoms with Crippen LogP contribution in [0.1, 0.15) is 24.8 Å². The van der Waals surface area contributed by atoms with Gasteiger partial charge in [0.25, 0.3) is 0 Å². The summed E-state index contributed by atoms with van der Waals surface area (Å²) in [4.78, 5) is 29.0. The normalized spacial score (nSPS) is 18.5. The summed E-state index contributed by atoms with van der Waals surface area (Å²) in [5.41, 5.74) is 7.33. The minimum atomic E-state index is -0.810. The Hall–Kier alpha value is -2.77. The van der Waals surface area contributed by atoms with Crippen LogP contribution in [0, 0.1) is 5.41 Å². The van der Waals surface area contributed by atoms with E-state index in [-0.39, 0.29) is 24.5 Å². The van der Waals surface area contributed by atoms with Crippen LogP contribution < -0.4 is 10.6 Å². The molecule has 0 saturated carbocycles. The molecule has 3 rings (SSSR count). The van der Waals surface area contributed by atoms with E-state index in [4.69, 9.17) is 16.2 Å². The van der Waals surface area contributed by atoms with Crippen molar-refractivity contribution in [3.8, 4) is 0 Å². The lowest BCUT2D eigenvalue weighted by atomic mass is 10.0. The van der Waals surface area contributed by atoms with Gasteiger partial charge >= 0.3 is 12.0 Å². The predicted molar refractivity (Wildman–Crippen MR) is 98.4 cm³/mol. The van der Waals surface area contributed by atoms with Crippen molar-refractivity contribution in [1.29, 1.82) is 5.41 Å². The number of anilines is 1. The van der Waals surface area contributed by atoms with Crippen LogP contribution in [-0.2, 0) is 11.2 Å². The van der Waals surface area contributed by atoms with Crippen molar-refractivity contribution in [3.05, 3.63) is 29.8 Å². The third-order valence-electron chi connectivity index (χ3n) is 5.16. The number of nitrogens with zero attached hydrogens (tertiary/aromatic N) is 3. The topological polar surface area (TPSA) is 114 Å². The number of hydrogen-bond donors (Lipinski definition) is 3. The first kappa shape index (κ1) is 18.0. The molecular formula is C18H25N5O3. The number of likely N-dealkylation sites (tertiary alicyclic amines) is 1. The third kappa shape index (κ3) is 3.89. The largest absolute Gasteiger partial charge is 0.481 e. The van der Waals surface area contributed by atoms with Crippen molar-refractivity contribution < 1.29 is 14.7 Å². The highest BCUT2D eigenvalue weighted by atomic mass is 16.4. The summed E-state index contributed by atoms with van der Waals surface area (Å²) in [5, 5.41) is 16.3. The lowest BCUT2D eigenvalue weighted by Gasteiger charge is -2.36. The number of aliphatic carboxylic acids is 1. The zero-order chi connectivity index (χ0) is 18.7. The molecule has 2 amide bonds. The highest BCUT2D eigenvalue weighted by Crippen LogP contribution is 2.26. The van der Waals surface area contributed by atoms with Crippen molar-refractivity contribution >= 4 is 23.6 Å². The van der Waals surface area contributed by atoms with E-state index < -0.39 is 5.97 Å². The number of aryl methyl sites for hydroxylation is 1. The molecule has 140 valence electrons. The quantitative estimate of drug-likeness (QED) is 0.542. The second-order valence-corrected chi connectivity index (χ2v) is 6.79. The van der Waals surface area contributed by atoms with E-state index in [1.54, 1.807) is 4.90 Å². The Kier molecular flexibility index (Phi) is 5.29. The van der Waals surface area contributed by atoms with Crippen molar-refractivity contribution in [2.75, 3.05) is 31.1 Å². The molecule has 1 aromatic rings. The Labute approximate surface area is 152 Å². The molecule has 8 heteroatoms. The highest BCUT2D eigenvalue weighted by Gasteiger charge is 2.36. The molecule has 26 heavy (non-hydrogen) atoms. The molecule has 0 atom stereocenters. The SMILES string of the molecule is N=C(N)N1CCC(N2CCN(c3ccc(CCC(=O)O)cc3)C2=O)CC1. The number of carboxylic acids is 1. The van der Waals surface area contributed by atoms with Gasteiger partial charge in [-0.15, -0.1) is 0 Å². The average Bonchev–Trinajstić information content (AvgIpc) is 3.02. The van der Waals surface area contributed by atoms with Crippen molar-refractivity contribution in [3.63, 3.8) is 0 Å². The molecule has 2 aliphatic heterocycles. The number of rotatable bonds is 5. The molecule has 0 spiro atoms. The van der Waals surface area contributed by atoms with Crippen LogP contribution in [-0.4, -0.2) is 65.1 Å². The zero-order valence-electron chi connectivity index (χ0n) is 14.7. The molecule has 0 aromatic heterocycles. The van der Waals surface area contributed by atoms with E-state index in [1.807, 2.05) is 34.1 Å². The number of piperidine rings is 1. The molecule has 8 nitrogen and oxygen atoms in total. The number of benzene rings is 1. The molecule has 4 N–H and O–H groups in total. The molecule has 2 fully saturated rings. The van der Waals surface area contributed by atoms with E-state index in [2.05, 4.69) is 0 Å². The fourth-order valence-electron chi connectivity index (χ4n) is 3.64. The van der Waals surface area contributed by atoms with Crippen molar-refractivity contribution in [1.82, 2.24) is 9.80 Å². The second kappa shape index (κ2) is 7.63. The second-order valence-electron chi connectivity index (χ2n) is 6.79. The van der Waals surface area contributed by atoms with Gasteiger partial charge in [-0.2, -0.15) is 0 Å². The molecule has 2 saturated heterocycles. The number of nitrogens with two attached hydrogens (primary N) is 1. The molecule has 0 unspecified atom stereocenters. The summed E-state index contributed by atoms with van der Waals surface area (Å²) in [6, 6.07) is 7.76. The molecule has 0 radical (unpaired) electrons. The zero-order valence-corrected chi connectivity index (χ0v) is 14.7. The number of nitrogens with one attached hydrogen (secondary N) is 1.